The van der Waals surface area contributed by atoms with E-state index < -0.39 is 0 Å². The molecular weight excluding hydrogens is 456 g/mol. The van der Waals surface area contributed by atoms with Gasteiger partial charge in [-0.25, -0.2) is 15.0 Å². The number of hydrogen-bond donors (Lipinski definition) is 2. The fourth-order valence-corrected chi connectivity index (χ4v) is 4.82. The minimum atomic E-state index is 0.161. The number of benzene rings is 3. The summed E-state index contributed by atoms with van der Waals surface area (Å²) >= 11 is 1.62. The van der Waals surface area contributed by atoms with E-state index in [1.807, 2.05) is 54.8 Å². The summed E-state index contributed by atoms with van der Waals surface area (Å²) in [6, 6.07) is 23.9. The molecule has 0 saturated carbocycles. The molecule has 0 aliphatic heterocycles. The second kappa shape index (κ2) is 8.66. The number of thiophene rings is 1. The van der Waals surface area contributed by atoms with Crippen molar-refractivity contribution in [3.8, 4) is 22.1 Å². The van der Waals surface area contributed by atoms with E-state index in [4.69, 9.17) is 4.98 Å². The van der Waals surface area contributed by atoms with Gasteiger partial charge in [0.2, 0.25) is 0 Å². The highest BCUT2D eigenvalue weighted by molar-refractivity contribution is 7.13. The molecule has 0 aliphatic carbocycles. The van der Waals surface area contributed by atoms with Crippen molar-refractivity contribution >= 4 is 45.3 Å². The first-order valence-electron chi connectivity index (χ1n) is 11.0. The van der Waals surface area contributed by atoms with Gasteiger partial charge in [0.05, 0.1) is 16.8 Å². The van der Waals surface area contributed by atoms with Crippen LogP contribution < -0.4 is 5.43 Å². The molecule has 0 aliphatic rings. The van der Waals surface area contributed by atoms with Gasteiger partial charge >= 0.3 is 0 Å². The fraction of sp³-hybridized carbons (Fsp3) is 0.0370. The Labute approximate surface area is 205 Å². The van der Waals surface area contributed by atoms with Crippen molar-refractivity contribution in [1.82, 2.24) is 19.5 Å². The molecule has 0 bridgehead atoms. The number of nitrogens with zero attached hydrogens (tertiary/aromatic N) is 5. The van der Waals surface area contributed by atoms with Gasteiger partial charge in [-0.1, -0.05) is 54.1 Å². The van der Waals surface area contributed by atoms with E-state index in [1.165, 1.54) is 6.33 Å². The van der Waals surface area contributed by atoms with Gasteiger partial charge in [0, 0.05) is 10.9 Å². The molecule has 35 heavy (non-hydrogen) atoms. The number of aryl methyl sites for hydroxylation is 1. The number of anilines is 1. The molecular formula is C27H20N6OS. The zero-order valence-electron chi connectivity index (χ0n) is 18.8. The maximum atomic E-state index is 10.1. The van der Waals surface area contributed by atoms with Crippen molar-refractivity contribution < 1.29 is 5.11 Å². The van der Waals surface area contributed by atoms with E-state index >= 15 is 0 Å². The zero-order chi connectivity index (χ0) is 23.8. The van der Waals surface area contributed by atoms with Crippen molar-refractivity contribution in [2.75, 3.05) is 5.43 Å². The lowest BCUT2D eigenvalue weighted by Gasteiger charge is -2.11. The molecule has 6 rings (SSSR count). The highest BCUT2D eigenvalue weighted by Gasteiger charge is 2.20. The summed E-state index contributed by atoms with van der Waals surface area (Å²) in [5.74, 6) is 1.43. The molecule has 0 amide bonds. The average molecular weight is 477 g/mol. The molecule has 3 heterocycles. The highest BCUT2D eigenvalue weighted by Crippen LogP contribution is 2.34. The molecule has 8 heteroatoms. The molecule has 2 N–H and O–H groups in total. The van der Waals surface area contributed by atoms with Gasteiger partial charge in [0.1, 0.15) is 12.1 Å². The molecule has 0 atom stereocenters. The van der Waals surface area contributed by atoms with Gasteiger partial charge in [-0.15, -0.1) is 11.3 Å². The van der Waals surface area contributed by atoms with Crippen molar-refractivity contribution in [2.45, 2.75) is 6.92 Å². The third-order valence-electron chi connectivity index (χ3n) is 5.75. The average Bonchev–Trinajstić information content (AvgIpc) is 3.54. The van der Waals surface area contributed by atoms with Crippen LogP contribution in [0.15, 0.2) is 89.6 Å². The molecule has 3 aromatic carbocycles. The summed E-state index contributed by atoms with van der Waals surface area (Å²) < 4.78 is 2.08. The quantitative estimate of drug-likeness (QED) is 0.230. The van der Waals surface area contributed by atoms with Crippen LogP contribution in [0.5, 0.6) is 5.75 Å². The van der Waals surface area contributed by atoms with Crippen LogP contribution in [0.1, 0.15) is 11.1 Å². The third kappa shape index (κ3) is 3.79. The summed E-state index contributed by atoms with van der Waals surface area (Å²) in [5, 5.41) is 18.7. The number of imidazole rings is 1. The first-order chi connectivity index (χ1) is 17.2. The topological polar surface area (TPSA) is 88.2 Å². The van der Waals surface area contributed by atoms with Crippen LogP contribution in [-0.2, 0) is 0 Å². The zero-order valence-corrected chi connectivity index (χ0v) is 19.6. The Morgan fingerprint density at radius 1 is 1.00 bits per heavy atom. The molecule has 170 valence electrons. The Kier molecular flexibility index (Phi) is 5.20. The minimum Gasteiger partial charge on any atom is -0.507 e. The number of hydrogen-bond acceptors (Lipinski definition) is 7. The number of phenolic OH excluding ortho intramolecular Hbond substituents is 1. The smallest absolute Gasteiger partial charge is 0.177 e. The molecule has 0 unspecified atom stereocenters. The monoisotopic (exact) mass is 476 g/mol. The van der Waals surface area contributed by atoms with Gasteiger partial charge in [0.25, 0.3) is 0 Å². The van der Waals surface area contributed by atoms with Crippen LogP contribution in [0.2, 0.25) is 0 Å². The summed E-state index contributed by atoms with van der Waals surface area (Å²) in [6.07, 6.45) is 3.07. The first-order valence-corrected chi connectivity index (χ1v) is 11.9. The molecule has 6 aromatic rings. The van der Waals surface area contributed by atoms with Crippen molar-refractivity contribution in [2.24, 2.45) is 5.10 Å². The van der Waals surface area contributed by atoms with Crippen LogP contribution >= 0.6 is 11.3 Å². The van der Waals surface area contributed by atoms with Crippen LogP contribution in [0.3, 0.4) is 0 Å². The van der Waals surface area contributed by atoms with E-state index in [2.05, 4.69) is 49.3 Å². The Bertz CT molecular complexity index is 1700. The maximum Gasteiger partial charge on any atom is 0.177 e. The predicted octanol–water partition coefficient (Wildman–Crippen LogP) is 6.16. The van der Waals surface area contributed by atoms with E-state index in [0.29, 0.717) is 22.5 Å². The number of fused-ring (bicyclic) bond motifs is 2. The van der Waals surface area contributed by atoms with E-state index in [1.54, 1.807) is 23.6 Å². The second-order valence-electron chi connectivity index (χ2n) is 8.07. The number of aromatic nitrogens is 4. The van der Waals surface area contributed by atoms with Crippen molar-refractivity contribution in [3.05, 3.63) is 95.6 Å². The Hall–Kier alpha value is -4.56. The lowest BCUT2D eigenvalue weighted by atomic mass is 10.1. The fourth-order valence-electron chi connectivity index (χ4n) is 4.12. The molecule has 0 fully saturated rings. The highest BCUT2D eigenvalue weighted by atomic mass is 32.1. The van der Waals surface area contributed by atoms with Gasteiger partial charge in [-0.3, -0.25) is 9.99 Å². The van der Waals surface area contributed by atoms with Crippen LogP contribution in [0, 0.1) is 6.92 Å². The predicted molar refractivity (Wildman–Crippen MR) is 142 cm³/mol. The number of phenols is 1. The number of rotatable bonds is 5. The Morgan fingerprint density at radius 2 is 1.89 bits per heavy atom. The normalized spacial score (nSPS) is 11.6. The van der Waals surface area contributed by atoms with Gasteiger partial charge in [-0.2, -0.15) is 5.10 Å². The Balaban J connectivity index is 1.51. The van der Waals surface area contributed by atoms with Crippen LogP contribution in [0.4, 0.5) is 5.82 Å². The van der Waals surface area contributed by atoms with Gasteiger partial charge < -0.3 is 5.11 Å². The standard InChI is InChI=1S/C27H20N6OS/c1-17-11-12-22(34)19(14-17)15-30-32-25-24-27(29-16-28-25)33(26(31-24)23-10-5-13-35-23)21-9-4-7-18-6-2-3-8-20(18)21/h2-16,34H,1H3,(H,28,29,32)/b30-15+. The number of hydrazone groups is 1. The lowest BCUT2D eigenvalue weighted by Crippen LogP contribution is -2.00. The van der Waals surface area contributed by atoms with Crippen molar-refractivity contribution in [3.63, 3.8) is 0 Å². The molecule has 0 radical (unpaired) electrons. The minimum absolute atomic E-state index is 0.161. The molecule has 3 aromatic heterocycles. The molecule has 7 nitrogen and oxygen atoms in total. The van der Waals surface area contributed by atoms with E-state index in [-0.39, 0.29) is 5.75 Å². The van der Waals surface area contributed by atoms with E-state index in [9.17, 15) is 5.11 Å². The SMILES string of the molecule is Cc1ccc(O)c(/C=N/Nc2ncnc3c2nc(-c2cccs2)n3-c2cccc3ccccc23)c1. The number of nitrogens with one attached hydrogen (secondary N) is 1. The lowest BCUT2D eigenvalue weighted by molar-refractivity contribution is 0.474. The van der Waals surface area contributed by atoms with Crippen LogP contribution in [-0.4, -0.2) is 30.8 Å². The maximum absolute atomic E-state index is 10.1. The first kappa shape index (κ1) is 21.0. The number of aromatic hydroxyl groups is 1. The summed E-state index contributed by atoms with van der Waals surface area (Å²) in [4.78, 5) is 15.0. The summed E-state index contributed by atoms with van der Waals surface area (Å²) in [5.41, 5.74) is 6.91. The van der Waals surface area contributed by atoms with E-state index in [0.717, 1.165) is 32.7 Å². The second-order valence-corrected chi connectivity index (χ2v) is 9.02. The Morgan fingerprint density at radius 3 is 2.77 bits per heavy atom. The summed E-state index contributed by atoms with van der Waals surface area (Å²) in [7, 11) is 0. The third-order valence-corrected chi connectivity index (χ3v) is 6.62. The molecule has 0 spiro atoms. The largest absolute Gasteiger partial charge is 0.507 e. The molecule has 0 saturated heterocycles. The van der Waals surface area contributed by atoms with Gasteiger partial charge in [0.15, 0.2) is 22.8 Å². The van der Waals surface area contributed by atoms with Crippen molar-refractivity contribution in [1.29, 1.82) is 0 Å². The summed E-state index contributed by atoms with van der Waals surface area (Å²) in [6.45, 7) is 1.96. The van der Waals surface area contributed by atoms with Gasteiger partial charge in [-0.05, 0) is 42.0 Å². The van der Waals surface area contributed by atoms with Crippen LogP contribution in [0.25, 0.3) is 38.3 Å².